The van der Waals surface area contributed by atoms with Crippen LogP contribution in [0.15, 0.2) is 30.5 Å². The molecule has 0 fully saturated rings. The van der Waals surface area contributed by atoms with E-state index in [1.54, 1.807) is 6.20 Å². The zero-order valence-electron chi connectivity index (χ0n) is 10.3. The summed E-state index contributed by atoms with van der Waals surface area (Å²) in [4.78, 5) is 8.35. The molecule has 0 bridgehead atoms. The zero-order valence-corrected chi connectivity index (χ0v) is 10.3. The number of nitrogens with zero attached hydrogens (tertiary/aromatic N) is 2. The molecule has 1 N–H and O–H groups in total. The van der Waals surface area contributed by atoms with Crippen LogP contribution in [0, 0.1) is 12.7 Å². The summed E-state index contributed by atoms with van der Waals surface area (Å²) in [6.45, 7) is 2.61. The van der Waals surface area contributed by atoms with Crippen molar-refractivity contribution in [2.45, 2.75) is 13.5 Å². The lowest BCUT2D eigenvalue weighted by Crippen LogP contribution is -2.08. The van der Waals surface area contributed by atoms with Gasteiger partial charge in [0.1, 0.15) is 11.6 Å². The lowest BCUT2D eigenvalue weighted by Gasteiger charge is -2.07. The highest BCUT2D eigenvalue weighted by Crippen LogP contribution is 2.18. The van der Waals surface area contributed by atoms with Crippen LogP contribution in [0.25, 0.3) is 0 Å². The van der Waals surface area contributed by atoms with Gasteiger partial charge < -0.3 is 10.1 Å². The molecule has 94 valence electrons. The van der Waals surface area contributed by atoms with Crippen molar-refractivity contribution in [2.24, 2.45) is 0 Å². The Bertz CT molecular complexity index is 528. The summed E-state index contributed by atoms with van der Waals surface area (Å²) in [6.07, 6.45) is 1.72. The monoisotopic (exact) mass is 247 g/mol. The van der Waals surface area contributed by atoms with Crippen LogP contribution < -0.4 is 10.1 Å². The lowest BCUT2D eigenvalue weighted by atomic mass is 10.2. The topological polar surface area (TPSA) is 47.0 Å². The molecule has 2 rings (SSSR count). The minimum atomic E-state index is -0.302. The van der Waals surface area contributed by atoms with Gasteiger partial charge in [-0.05, 0) is 38.2 Å². The molecule has 1 aromatic carbocycles. The van der Waals surface area contributed by atoms with E-state index < -0.39 is 0 Å². The molecule has 18 heavy (non-hydrogen) atoms. The average molecular weight is 247 g/mol. The van der Waals surface area contributed by atoms with Crippen molar-refractivity contribution in [3.63, 3.8) is 0 Å². The van der Waals surface area contributed by atoms with Crippen LogP contribution >= 0.6 is 0 Å². The van der Waals surface area contributed by atoms with Crippen LogP contribution in [-0.4, -0.2) is 17.0 Å². The molecule has 0 unspecified atom stereocenters. The number of rotatable bonds is 4. The third kappa shape index (κ3) is 3.01. The molecule has 1 aromatic heterocycles. The molecule has 0 spiro atoms. The van der Waals surface area contributed by atoms with Crippen molar-refractivity contribution in [1.29, 1.82) is 0 Å². The predicted molar refractivity (Wildman–Crippen MR) is 66.0 cm³/mol. The normalized spacial score (nSPS) is 10.4. The Morgan fingerprint density at radius 2 is 2.00 bits per heavy atom. The highest BCUT2D eigenvalue weighted by Gasteiger charge is 2.05. The number of halogens is 1. The first-order valence-electron chi connectivity index (χ1n) is 5.59. The van der Waals surface area contributed by atoms with E-state index >= 15 is 0 Å². The van der Waals surface area contributed by atoms with E-state index in [1.165, 1.54) is 24.3 Å². The van der Waals surface area contributed by atoms with E-state index in [2.05, 4.69) is 15.3 Å². The number of nitrogens with one attached hydrogen (secondary N) is 1. The fourth-order valence-electron chi connectivity index (χ4n) is 1.49. The Labute approximate surface area is 105 Å². The molecule has 0 saturated carbocycles. The highest BCUT2D eigenvalue weighted by molar-refractivity contribution is 5.26. The van der Waals surface area contributed by atoms with Crippen molar-refractivity contribution in [1.82, 2.24) is 15.3 Å². The molecule has 1 heterocycles. The fraction of sp³-hybridized carbons (Fsp3) is 0.231. The van der Waals surface area contributed by atoms with Crippen molar-refractivity contribution < 1.29 is 9.13 Å². The van der Waals surface area contributed by atoms with Gasteiger partial charge in [-0.2, -0.15) is 4.98 Å². The average Bonchev–Trinajstić information content (AvgIpc) is 2.36. The van der Waals surface area contributed by atoms with Crippen LogP contribution in [0.3, 0.4) is 0 Å². The summed E-state index contributed by atoms with van der Waals surface area (Å²) in [5.41, 5.74) is 1.88. The molecule has 2 aromatic rings. The van der Waals surface area contributed by atoms with Crippen molar-refractivity contribution >= 4 is 0 Å². The van der Waals surface area contributed by atoms with Crippen molar-refractivity contribution in [2.75, 3.05) is 7.05 Å². The minimum Gasteiger partial charge on any atom is -0.424 e. The second-order valence-corrected chi connectivity index (χ2v) is 3.85. The van der Waals surface area contributed by atoms with Crippen LogP contribution in [0.2, 0.25) is 0 Å². The minimum absolute atomic E-state index is 0.263. The molecule has 0 atom stereocenters. The Kier molecular flexibility index (Phi) is 3.84. The summed E-state index contributed by atoms with van der Waals surface area (Å²) < 4.78 is 18.2. The van der Waals surface area contributed by atoms with Gasteiger partial charge in [-0.15, -0.1) is 0 Å². The Morgan fingerprint density at radius 3 is 2.61 bits per heavy atom. The molecule has 0 saturated heterocycles. The van der Waals surface area contributed by atoms with Gasteiger partial charge >= 0.3 is 6.01 Å². The third-order valence-corrected chi connectivity index (χ3v) is 2.45. The maximum atomic E-state index is 12.7. The van der Waals surface area contributed by atoms with Crippen LogP contribution in [0.5, 0.6) is 11.8 Å². The molecule has 0 aliphatic carbocycles. The summed E-state index contributed by atoms with van der Waals surface area (Å²) in [7, 11) is 1.86. The molecule has 0 radical (unpaired) electrons. The van der Waals surface area contributed by atoms with Crippen LogP contribution in [0.1, 0.15) is 11.3 Å². The Morgan fingerprint density at radius 1 is 1.28 bits per heavy atom. The maximum Gasteiger partial charge on any atom is 0.322 e. The summed E-state index contributed by atoms with van der Waals surface area (Å²) in [5, 5.41) is 3.04. The summed E-state index contributed by atoms with van der Waals surface area (Å²) in [6, 6.07) is 6.00. The standard InChI is InChI=1S/C13H14FN3O/c1-9-10(7-15-2)8-16-13(17-9)18-12-5-3-11(14)4-6-12/h3-6,8,15H,7H2,1-2H3. The van der Waals surface area contributed by atoms with Crippen LogP contribution in [0.4, 0.5) is 4.39 Å². The van der Waals surface area contributed by atoms with Gasteiger partial charge in [0.25, 0.3) is 0 Å². The lowest BCUT2D eigenvalue weighted by molar-refractivity contribution is 0.438. The first-order chi connectivity index (χ1) is 8.69. The van der Waals surface area contributed by atoms with E-state index in [9.17, 15) is 4.39 Å². The predicted octanol–water partition coefficient (Wildman–Crippen LogP) is 2.44. The van der Waals surface area contributed by atoms with E-state index in [4.69, 9.17) is 4.74 Å². The van der Waals surface area contributed by atoms with E-state index in [-0.39, 0.29) is 11.8 Å². The van der Waals surface area contributed by atoms with Gasteiger partial charge in [-0.1, -0.05) is 0 Å². The largest absolute Gasteiger partial charge is 0.424 e. The number of hydrogen-bond acceptors (Lipinski definition) is 4. The first-order valence-corrected chi connectivity index (χ1v) is 5.59. The van der Waals surface area contributed by atoms with Crippen LogP contribution in [-0.2, 0) is 6.54 Å². The number of ether oxygens (including phenoxy) is 1. The quantitative estimate of drug-likeness (QED) is 0.901. The Hall–Kier alpha value is -2.01. The molecule has 0 aliphatic rings. The first kappa shape index (κ1) is 12.4. The number of hydrogen-bond donors (Lipinski definition) is 1. The molecular formula is C13H14FN3O. The van der Waals surface area contributed by atoms with Gasteiger partial charge in [0.15, 0.2) is 0 Å². The van der Waals surface area contributed by atoms with E-state index in [0.717, 1.165) is 11.3 Å². The molecule has 4 nitrogen and oxygen atoms in total. The molecular weight excluding hydrogens is 233 g/mol. The number of aryl methyl sites for hydroxylation is 1. The summed E-state index contributed by atoms with van der Waals surface area (Å²) in [5.74, 6) is 0.209. The van der Waals surface area contributed by atoms with Gasteiger partial charge in [0, 0.05) is 24.0 Å². The van der Waals surface area contributed by atoms with E-state index in [0.29, 0.717) is 12.3 Å². The zero-order chi connectivity index (χ0) is 13.0. The van der Waals surface area contributed by atoms with Crippen molar-refractivity contribution in [3.8, 4) is 11.8 Å². The van der Waals surface area contributed by atoms with Crippen molar-refractivity contribution in [3.05, 3.63) is 47.5 Å². The van der Waals surface area contributed by atoms with Gasteiger partial charge in [-0.25, -0.2) is 9.37 Å². The fourth-order valence-corrected chi connectivity index (χ4v) is 1.49. The Balaban J connectivity index is 2.14. The maximum absolute atomic E-state index is 12.7. The molecule has 0 aliphatic heterocycles. The number of benzene rings is 1. The smallest absolute Gasteiger partial charge is 0.322 e. The third-order valence-electron chi connectivity index (χ3n) is 2.45. The summed E-state index contributed by atoms with van der Waals surface area (Å²) >= 11 is 0. The van der Waals surface area contributed by atoms with Gasteiger partial charge in [0.2, 0.25) is 0 Å². The molecule has 5 heteroatoms. The highest BCUT2D eigenvalue weighted by atomic mass is 19.1. The number of aromatic nitrogens is 2. The second-order valence-electron chi connectivity index (χ2n) is 3.85. The van der Waals surface area contributed by atoms with E-state index in [1.807, 2.05) is 14.0 Å². The van der Waals surface area contributed by atoms with Gasteiger partial charge in [0.05, 0.1) is 0 Å². The molecule has 0 amide bonds. The van der Waals surface area contributed by atoms with Gasteiger partial charge in [-0.3, -0.25) is 0 Å². The second kappa shape index (κ2) is 5.55. The SMILES string of the molecule is CNCc1cnc(Oc2ccc(F)cc2)nc1C.